The first-order chi connectivity index (χ1) is 16.0. The van der Waals surface area contributed by atoms with E-state index in [2.05, 4.69) is 34.8 Å². The van der Waals surface area contributed by atoms with Gasteiger partial charge in [0.05, 0.1) is 45.5 Å². The predicted octanol–water partition coefficient (Wildman–Crippen LogP) is 3.88. The van der Waals surface area contributed by atoms with Crippen molar-refractivity contribution in [2.75, 3.05) is 30.4 Å². The second-order valence-electron chi connectivity index (χ2n) is 9.67. The molecule has 3 aromatic rings. The first-order valence-corrected chi connectivity index (χ1v) is 13.6. The van der Waals surface area contributed by atoms with Gasteiger partial charge in [-0.2, -0.15) is 0 Å². The number of nitrogens with zero attached hydrogens (tertiary/aromatic N) is 5. The summed E-state index contributed by atoms with van der Waals surface area (Å²) in [4.78, 5) is 20.0. The van der Waals surface area contributed by atoms with Crippen LogP contribution in [-0.2, 0) is 19.2 Å². The summed E-state index contributed by atoms with van der Waals surface area (Å²) < 4.78 is 24.1. The molecular formula is C24H30N6O2S. The Labute approximate surface area is 194 Å². The molecule has 0 spiro atoms. The van der Waals surface area contributed by atoms with Gasteiger partial charge in [-0.15, -0.1) is 0 Å². The van der Waals surface area contributed by atoms with E-state index in [1.165, 1.54) is 0 Å². The maximum atomic E-state index is 14.2. The second-order valence-corrected chi connectivity index (χ2v) is 12.5. The van der Waals surface area contributed by atoms with Crippen LogP contribution in [0.2, 0.25) is 0 Å². The van der Waals surface area contributed by atoms with Gasteiger partial charge in [-0.3, -0.25) is 0 Å². The average Bonchev–Trinajstić information content (AvgIpc) is 3.39. The Bertz CT molecular complexity index is 1330. The Hall–Kier alpha value is -2.52. The molecule has 0 bridgehead atoms. The van der Waals surface area contributed by atoms with E-state index in [0.29, 0.717) is 24.8 Å². The van der Waals surface area contributed by atoms with E-state index >= 15 is 0 Å². The zero-order valence-corrected chi connectivity index (χ0v) is 20.0. The van der Waals surface area contributed by atoms with E-state index < -0.39 is 14.5 Å². The lowest BCUT2D eigenvalue weighted by Gasteiger charge is -2.35. The molecule has 3 fully saturated rings. The Kier molecular flexibility index (Phi) is 4.95. The van der Waals surface area contributed by atoms with Gasteiger partial charge in [0, 0.05) is 41.7 Å². The van der Waals surface area contributed by atoms with E-state index in [1.807, 2.05) is 18.3 Å². The van der Waals surface area contributed by atoms with E-state index in [0.717, 1.165) is 60.3 Å². The zero-order chi connectivity index (χ0) is 22.6. The molecule has 0 aromatic carbocycles. The fourth-order valence-corrected chi connectivity index (χ4v) is 7.98. The summed E-state index contributed by atoms with van der Waals surface area (Å²) in [6, 6.07) is 6.50. The summed E-state index contributed by atoms with van der Waals surface area (Å²) in [6.45, 7) is 6.36. The van der Waals surface area contributed by atoms with Crippen LogP contribution < -0.4 is 4.90 Å². The normalized spacial score (nSPS) is 30.1. The number of aromatic amines is 1. The largest absolute Gasteiger partial charge is 0.377 e. The highest BCUT2D eigenvalue weighted by molar-refractivity contribution is 7.94. The fourth-order valence-electron chi connectivity index (χ4n) is 5.07. The molecule has 0 radical (unpaired) electrons. The number of hydrogen-bond acceptors (Lipinski definition) is 7. The summed E-state index contributed by atoms with van der Waals surface area (Å²) in [6.07, 6.45) is 7.51. The van der Waals surface area contributed by atoms with Gasteiger partial charge in [-0.1, -0.05) is 0 Å². The Morgan fingerprint density at radius 3 is 3.00 bits per heavy atom. The Morgan fingerprint density at radius 1 is 1.30 bits per heavy atom. The van der Waals surface area contributed by atoms with Crippen LogP contribution in [-0.4, -0.2) is 61.7 Å². The summed E-state index contributed by atoms with van der Waals surface area (Å²) in [7, 11) is -2.40. The SMILES string of the molecule is C[C@@H]1COCCN1c1cc([C@]2(C)CCCS2(=O)=NC2CC2)nc(-c2ccnc3[nH]ccc23)n1. The molecule has 1 unspecified atom stereocenters. The predicted molar refractivity (Wildman–Crippen MR) is 130 cm³/mol. The van der Waals surface area contributed by atoms with Gasteiger partial charge in [0.1, 0.15) is 11.5 Å². The zero-order valence-electron chi connectivity index (χ0n) is 19.2. The number of aromatic nitrogens is 4. The van der Waals surface area contributed by atoms with Crippen LogP contribution >= 0.6 is 0 Å². The standard InChI is InChI=1S/C24H30N6O2S/c1-16-15-32-12-11-30(16)21-14-20(24(2)8-3-13-33(24,31)29-17-4-5-17)27-23(28-21)19-7-10-26-22-18(19)6-9-25-22/h6-7,9-10,14,16-17H,3-5,8,11-13,15H2,1-2H3,(H,25,26)/t16-,24+,33?/m1/s1. The number of fused-ring (bicyclic) bond motifs is 1. The third-order valence-electron chi connectivity index (χ3n) is 7.26. The smallest absolute Gasteiger partial charge is 0.162 e. The lowest BCUT2D eigenvalue weighted by atomic mass is 10.0. The monoisotopic (exact) mass is 466 g/mol. The van der Waals surface area contributed by atoms with Crippen molar-refractivity contribution in [2.24, 2.45) is 4.36 Å². The molecule has 174 valence electrons. The average molecular weight is 467 g/mol. The van der Waals surface area contributed by atoms with Crippen molar-refractivity contribution in [1.82, 2.24) is 19.9 Å². The molecule has 2 aliphatic heterocycles. The van der Waals surface area contributed by atoms with Crippen LogP contribution in [0.5, 0.6) is 0 Å². The summed E-state index contributed by atoms with van der Waals surface area (Å²) >= 11 is 0. The van der Waals surface area contributed by atoms with Crippen LogP contribution in [0.1, 0.15) is 45.2 Å². The topological polar surface area (TPSA) is 96.4 Å². The minimum absolute atomic E-state index is 0.205. The number of hydrogen-bond donors (Lipinski definition) is 1. The maximum Gasteiger partial charge on any atom is 0.162 e. The van der Waals surface area contributed by atoms with Crippen LogP contribution in [0.25, 0.3) is 22.4 Å². The summed E-state index contributed by atoms with van der Waals surface area (Å²) in [5, 5.41) is 0.982. The third kappa shape index (κ3) is 3.52. The highest BCUT2D eigenvalue weighted by Gasteiger charge is 2.46. The van der Waals surface area contributed by atoms with Gasteiger partial charge < -0.3 is 14.6 Å². The van der Waals surface area contributed by atoms with Gasteiger partial charge in [0.15, 0.2) is 5.82 Å². The summed E-state index contributed by atoms with van der Waals surface area (Å²) in [5.74, 6) is 2.17. The molecule has 0 amide bonds. The number of H-pyrrole nitrogens is 1. The van der Waals surface area contributed by atoms with Crippen molar-refractivity contribution in [3.05, 3.63) is 36.3 Å². The van der Waals surface area contributed by atoms with Crippen molar-refractivity contribution < 1.29 is 8.95 Å². The molecule has 33 heavy (non-hydrogen) atoms. The minimum Gasteiger partial charge on any atom is -0.377 e. The number of ether oxygens (including phenoxy) is 1. The van der Waals surface area contributed by atoms with Crippen LogP contribution in [0.3, 0.4) is 0 Å². The molecule has 3 aromatic heterocycles. The van der Waals surface area contributed by atoms with Gasteiger partial charge >= 0.3 is 0 Å². The van der Waals surface area contributed by atoms with E-state index in [9.17, 15) is 4.21 Å². The number of nitrogens with one attached hydrogen (secondary N) is 1. The first-order valence-electron chi connectivity index (χ1n) is 11.9. The molecule has 9 heteroatoms. The maximum absolute atomic E-state index is 14.2. The van der Waals surface area contributed by atoms with Gasteiger partial charge in [0.25, 0.3) is 0 Å². The lowest BCUT2D eigenvalue weighted by molar-refractivity contribution is 0.0985. The van der Waals surface area contributed by atoms with Crippen molar-refractivity contribution in [3.8, 4) is 11.4 Å². The molecule has 1 saturated carbocycles. The number of anilines is 1. The van der Waals surface area contributed by atoms with E-state index in [1.54, 1.807) is 6.20 Å². The van der Waals surface area contributed by atoms with Crippen LogP contribution in [0.15, 0.2) is 35.0 Å². The fraction of sp³-hybridized carbons (Fsp3) is 0.542. The van der Waals surface area contributed by atoms with Crippen molar-refractivity contribution in [1.29, 1.82) is 0 Å². The second kappa shape index (κ2) is 7.77. The Balaban J connectivity index is 1.55. The Morgan fingerprint density at radius 2 is 2.18 bits per heavy atom. The number of rotatable bonds is 4. The van der Waals surface area contributed by atoms with Gasteiger partial charge in [-0.25, -0.2) is 23.5 Å². The number of morpholine rings is 1. The number of pyridine rings is 1. The molecule has 1 N–H and O–H groups in total. The highest BCUT2D eigenvalue weighted by Crippen LogP contribution is 2.45. The molecule has 5 heterocycles. The molecule has 1 aliphatic carbocycles. The minimum atomic E-state index is -2.40. The van der Waals surface area contributed by atoms with E-state index in [-0.39, 0.29) is 12.1 Å². The molecule has 8 nitrogen and oxygen atoms in total. The molecule has 2 saturated heterocycles. The first kappa shape index (κ1) is 21.0. The van der Waals surface area contributed by atoms with Gasteiger partial charge in [0.2, 0.25) is 0 Å². The third-order valence-corrected chi connectivity index (χ3v) is 10.6. The van der Waals surface area contributed by atoms with Gasteiger partial charge in [-0.05, 0) is 51.7 Å². The molecule has 3 atom stereocenters. The lowest BCUT2D eigenvalue weighted by Crippen LogP contribution is -2.44. The quantitative estimate of drug-likeness (QED) is 0.627. The van der Waals surface area contributed by atoms with Crippen LogP contribution in [0, 0.1) is 0 Å². The summed E-state index contributed by atoms with van der Waals surface area (Å²) in [5.41, 5.74) is 2.58. The highest BCUT2D eigenvalue weighted by atomic mass is 32.2. The molecule has 3 aliphatic rings. The van der Waals surface area contributed by atoms with Crippen molar-refractivity contribution in [2.45, 2.75) is 56.4 Å². The van der Waals surface area contributed by atoms with E-state index in [4.69, 9.17) is 19.1 Å². The molecule has 6 rings (SSSR count). The van der Waals surface area contributed by atoms with Crippen molar-refractivity contribution in [3.63, 3.8) is 0 Å². The van der Waals surface area contributed by atoms with Crippen LogP contribution in [0.4, 0.5) is 5.82 Å². The van der Waals surface area contributed by atoms with Crippen molar-refractivity contribution >= 4 is 26.6 Å². The molecular weight excluding hydrogens is 436 g/mol.